The molecular weight excluding hydrogens is 278 g/mol. The molecule has 1 aliphatic heterocycles. The van der Waals surface area contributed by atoms with Crippen molar-refractivity contribution in [2.24, 2.45) is 7.05 Å². The Morgan fingerprint density at radius 1 is 1.32 bits per heavy atom. The summed E-state index contributed by atoms with van der Waals surface area (Å²) in [7, 11) is 1.97. The first-order valence-corrected chi connectivity index (χ1v) is 7.21. The molecular formula is C17H17N3O2. The molecule has 0 bridgehead atoms. The van der Waals surface area contributed by atoms with Gasteiger partial charge >= 0.3 is 0 Å². The number of ether oxygens (including phenoxy) is 1. The van der Waals surface area contributed by atoms with Gasteiger partial charge in [-0.1, -0.05) is 0 Å². The van der Waals surface area contributed by atoms with Gasteiger partial charge in [-0.05, 0) is 36.4 Å². The number of aromatic nitrogens is 1. The molecule has 1 aliphatic rings. The lowest BCUT2D eigenvalue weighted by atomic mass is 10.1. The van der Waals surface area contributed by atoms with E-state index >= 15 is 0 Å². The van der Waals surface area contributed by atoms with E-state index in [0.717, 1.165) is 5.69 Å². The molecule has 1 atom stereocenters. The fraction of sp³-hybridized carbons (Fsp3) is 0.294. The predicted molar refractivity (Wildman–Crippen MR) is 81.2 cm³/mol. The number of amides is 1. The average molecular weight is 295 g/mol. The number of benzene rings is 1. The van der Waals surface area contributed by atoms with Crippen LogP contribution in [0.4, 0.5) is 0 Å². The van der Waals surface area contributed by atoms with Gasteiger partial charge in [-0.15, -0.1) is 0 Å². The van der Waals surface area contributed by atoms with Crippen molar-refractivity contribution in [3.05, 3.63) is 59.4 Å². The molecule has 1 saturated heterocycles. The number of carbonyl (C=O) groups excluding carboxylic acids is 1. The predicted octanol–water partition coefficient (Wildman–Crippen LogP) is 2.11. The van der Waals surface area contributed by atoms with Gasteiger partial charge in [0.2, 0.25) is 0 Å². The van der Waals surface area contributed by atoms with Crippen LogP contribution in [0.5, 0.6) is 0 Å². The summed E-state index contributed by atoms with van der Waals surface area (Å²) in [5.74, 6) is -0.0287. The summed E-state index contributed by atoms with van der Waals surface area (Å²) in [6.07, 6.45) is 1.97. The first-order chi connectivity index (χ1) is 10.7. The van der Waals surface area contributed by atoms with Crippen LogP contribution in [0, 0.1) is 11.3 Å². The van der Waals surface area contributed by atoms with E-state index in [1.54, 1.807) is 24.3 Å². The van der Waals surface area contributed by atoms with Crippen LogP contribution in [-0.4, -0.2) is 35.1 Å². The van der Waals surface area contributed by atoms with Gasteiger partial charge in [0.25, 0.3) is 5.91 Å². The minimum Gasteiger partial charge on any atom is -0.377 e. The highest BCUT2D eigenvalue weighted by Gasteiger charge is 2.30. The molecule has 5 heteroatoms. The Kier molecular flexibility index (Phi) is 3.94. The quantitative estimate of drug-likeness (QED) is 0.852. The molecule has 3 rings (SSSR count). The summed E-state index contributed by atoms with van der Waals surface area (Å²) in [6, 6.07) is 12.7. The minimum atomic E-state index is -0.0862. The van der Waals surface area contributed by atoms with Crippen LogP contribution in [0.3, 0.4) is 0 Å². The smallest absolute Gasteiger partial charge is 0.254 e. The molecule has 1 unspecified atom stereocenters. The van der Waals surface area contributed by atoms with Crippen molar-refractivity contribution in [3.8, 4) is 6.07 Å². The number of nitrogens with zero attached hydrogens (tertiary/aromatic N) is 3. The van der Waals surface area contributed by atoms with Crippen LogP contribution >= 0.6 is 0 Å². The Morgan fingerprint density at radius 3 is 2.73 bits per heavy atom. The lowest BCUT2D eigenvalue weighted by Gasteiger charge is -2.36. The highest BCUT2D eigenvalue weighted by Crippen LogP contribution is 2.26. The van der Waals surface area contributed by atoms with Crippen molar-refractivity contribution in [1.29, 1.82) is 5.26 Å². The van der Waals surface area contributed by atoms with Crippen molar-refractivity contribution in [2.45, 2.75) is 6.04 Å². The summed E-state index contributed by atoms with van der Waals surface area (Å²) >= 11 is 0. The standard InChI is InChI=1S/C17H17N3O2/c1-19-8-2-3-15(19)16-12-22-10-9-20(16)17(21)14-6-4-13(11-18)5-7-14/h2-8,16H,9-10,12H2,1H3. The maximum absolute atomic E-state index is 12.8. The zero-order valence-corrected chi connectivity index (χ0v) is 12.4. The first-order valence-electron chi connectivity index (χ1n) is 7.21. The molecule has 5 nitrogen and oxygen atoms in total. The number of hydrogen-bond acceptors (Lipinski definition) is 3. The monoisotopic (exact) mass is 295 g/mol. The van der Waals surface area contributed by atoms with E-state index in [2.05, 4.69) is 6.07 Å². The van der Waals surface area contributed by atoms with E-state index in [4.69, 9.17) is 10.00 Å². The van der Waals surface area contributed by atoms with Crippen LogP contribution in [0.1, 0.15) is 27.7 Å². The summed E-state index contributed by atoms with van der Waals surface area (Å²) in [5.41, 5.74) is 2.21. The van der Waals surface area contributed by atoms with Crippen LogP contribution in [0.2, 0.25) is 0 Å². The summed E-state index contributed by atoms with van der Waals surface area (Å²) in [4.78, 5) is 14.6. The van der Waals surface area contributed by atoms with Gasteiger partial charge in [0.1, 0.15) is 0 Å². The maximum Gasteiger partial charge on any atom is 0.254 e. The molecule has 0 radical (unpaired) electrons. The van der Waals surface area contributed by atoms with Crippen molar-refractivity contribution < 1.29 is 9.53 Å². The lowest BCUT2D eigenvalue weighted by molar-refractivity contribution is -0.00463. The summed E-state index contributed by atoms with van der Waals surface area (Å²) in [5, 5.41) is 8.85. The van der Waals surface area contributed by atoms with E-state index < -0.39 is 0 Å². The molecule has 2 heterocycles. The zero-order valence-electron chi connectivity index (χ0n) is 12.4. The molecule has 22 heavy (non-hydrogen) atoms. The maximum atomic E-state index is 12.8. The fourth-order valence-corrected chi connectivity index (χ4v) is 2.77. The fourth-order valence-electron chi connectivity index (χ4n) is 2.77. The Morgan fingerprint density at radius 2 is 2.09 bits per heavy atom. The molecule has 1 fully saturated rings. The molecule has 0 saturated carbocycles. The number of nitriles is 1. The normalized spacial score (nSPS) is 18.0. The first kappa shape index (κ1) is 14.4. The van der Waals surface area contributed by atoms with Crippen molar-refractivity contribution in [3.63, 3.8) is 0 Å². The molecule has 112 valence electrons. The van der Waals surface area contributed by atoms with Gasteiger partial charge in [-0.2, -0.15) is 5.26 Å². The number of aryl methyl sites for hydroxylation is 1. The molecule has 1 aromatic heterocycles. The van der Waals surface area contributed by atoms with Crippen molar-refractivity contribution >= 4 is 5.91 Å². The Labute approximate surface area is 129 Å². The summed E-state index contributed by atoms with van der Waals surface area (Å²) in [6.45, 7) is 1.61. The largest absolute Gasteiger partial charge is 0.377 e. The van der Waals surface area contributed by atoms with E-state index in [-0.39, 0.29) is 11.9 Å². The SMILES string of the molecule is Cn1cccc1C1COCCN1C(=O)c1ccc(C#N)cc1. The third kappa shape index (κ3) is 2.61. The zero-order chi connectivity index (χ0) is 15.5. The third-order valence-corrected chi connectivity index (χ3v) is 3.98. The van der Waals surface area contributed by atoms with Crippen molar-refractivity contribution in [1.82, 2.24) is 9.47 Å². The Bertz CT molecular complexity index is 712. The van der Waals surface area contributed by atoms with Gasteiger partial charge in [-0.3, -0.25) is 4.79 Å². The van der Waals surface area contributed by atoms with Crippen LogP contribution in [0.15, 0.2) is 42.6 Å². The molecule has 0 spiro atoms. The second kappa shape index (κ2) is 6.04. The van der Waals surface area contributed by atoms with Gasteiger partial charge in [0.05, 0.1) is 30.9 Å². The molecule has 1 amide bonds. The Hall–Kier alpha value is -2.58. The van der Waals surface area contributed by atoms with Gasteiger partial charge in [0, 0.05) is 31.0 Å². The second-order valence-electron chi connectivity index (χ2n) is 5.32. The van der Waals surface area contributed by atoms with E-state index in [0.29, 0.717) is 30.9 Å². The highest BCUT2D eigenvalue weighted by atomic mass is 16.5. The van der Waals surface area contributed by atoms with E-state index in [9.17, 15) is 4.79 Å². The number of rotatable bonds is 2. The summed E-state index contributed by atoms with van der Waals surface area (Å²) < 4.78 is 7.58. The minimum absolute atomic E-state index is 0.0287. The van der Waals surface area contributed by atoms with E-state index in [1.807, 2.05) is 34.8 Å². The molecule has 2 aromatic rings. The highest BCUT2D eigenvalue weighted by molar-refractivity contribution is 5.94. The topological polar surface area (TPSA) is 58.3 Å². The van der Waals surface area contributed by atoms with Crippen LogP contribution in [-0.2, 0) is 11.8 Å². The van der Waals surface area contributed by atoms with Gasteiger partial charge in [-0.25, -0.2) is 0 Å². The molecule has 1 aromatic carbocycles. The second-order valence-corrected chi connectivity index (χ2v) is 5.32. The van der Waals surface area contributed by atoms with Crippen molar-refractivity contribution in [2.75, 3.05) is 19.8 Å². The average Bonchev–Trinajstić information content (AvgIpc) is 3.00. The van der Waals surface area contributed by atoms with E-state index in [1.165, 1.54) is 0 Å². The Balaban J connectivity index is 1.88. The number of carbonyl (C=O) groups is 1. The number of hydrogen-bond donors (Lipinski definition) is 0. The van der Waals surface area contributed by atoms with Gasteiger partial charge in [0.15, 0.2) is 0 Å². The van der Waals surface area contributed by atoms with Gasteiger partial charge < -0.3 is 14.2 Å². The number of morpholine rings is 1. The lowest BCUT2D eigenvalue weighted by Crippen LogP contribution is -2.44. The third-order valence-electron chi connectivity index (χ3n) is 3.98. The molecule has 0 N–H and O–H groups in total. The molecule has 0 aliphatic carbocycles. The van der Waals surface area contributed by atoms with Crippen LogP contribution in [0.25, 0.3) is 0 Å². The van der Waals surface area contributed by atoms with Crippen LogP contribution < -0.4 is 0 Å².